The van der Waals surface area contributed by atoms with Crippen LogP contribution in [0.4, 0.5) is 11.4 Å². The van der Waals surface area contributed by atoms with Crippen LogP contribution in [-0.4, -0.2) is 43.0 Å². The van der Waals surface area contributed by atoms with Crippen molar-refractivity contribution in [1.29, 1.82) is 0 Å². The van der Waals surface area contributed by atoms with Gasteiger partial charge in [-0.2, -0.15) is 0 Å². The molecule has 1 N–H and O–H groups in total. The molecule has 0 aromatic heterocycles. The number of nitrogens with zero attached hydrogens (tertiary/aromatic N) is 2. The number of anilines is 1. The summed E-state index contributed by atoms with van der Waals surface area (Å²) < 4.78 is 10.8. The Kier molecular flexibility index (Phi) is 6.56. The molecule has 0 unspecified atom stereocenters. The minimum absolute atomic E-state index is 0.0156. The standard InChI is InChI=1S/C20H22ClN3O5/c1-28-14-6-7-15(19(11-14)29-2)17-4-3-9-23(17)12-20(25)22-16-8-5-13(21)10-18(16)24(26)27/h5-8,10-11,17H,3-4,9,12H2,1-2H3,(H,22,25)/t17-/m0/s1. The molecule has 2 aromatic carbocycles. The van der Waals surface area contributed by atoms with Crippen molar-refractivity contribution >= 4 is 28.9 Å². The third-order valence-electron chi connectivity index (χ3n) is 4.94. The second kappa shape index (κ2) is 9.11. The first-order valence-corrected chi connectivity index (χ1v) is 9.50. The van der Waals surface area contributed by atoms with Gasteiger partial charge in [-0.3, -0.25) is 19.8 Å². The van der Waals surface area contributed by atoms with Crippen LogP contribution >= 0.6 is 11.6 Å². The molecule has 8 nitrogen and oxygen atoms in total. The lowest BCUT2D eigenvalue weighted by Gasteiger charge is -2.25. The summed E-state index contributed by atoms with van der Waals surface area (Å²) in [4.78, 5) is 25.3. The van der Waals surface area contributed by atoms with Crippen molar-refractivity contribution < 1.29 is 19.2 Å². The molecule has 1 amide bonds. The van der Waals surface area contributed by atoms with Crippen molar-refractivity contribution in [2.24, 2.45) is 0 Å². The normalized spacial score (nSPS) is 16.4. The molecule has 0 bridgehead atoms. The number of nitro groups is 1. The molecular weight excluding hydrogens is 398 g/mol. The fourth-order valence-corrected chi connectivity index (χ4v) is 3.76. The van der Waals surface area contributed by atoms with E-state index >= 15 is 0 Å². The quantitative estimate of drug-likeness (QED) is 0.537. The van der Waals surface area contributed by atoms with Gasteiger partial charge in [0.2, 0.25) is 5.91 Å². The molecule has 1 aliphatic heterocycles. The van der Waals surface area contributed by atoms with Gasteiger partial charge >= 0.3 is 0 Å². The lowest BCUT2D eigenvalue weighted by Crippen LogP contribution is -2.33. The average Bonchev–Trinajstić information content (AvgIpc) is 3.16. The van der Waals surface area contributed by atoms with Crippen LogP contribution in [0.2, 0.25) is 5.02 Å². The van der Waals surface area contributed by atoms with E-state index in [0.29, 0.717) is 11.5 Å². The molecule has 0 aliphatic carbocycles. The number of nitrogens with one attached hydrogen (secondary N) is 1. The first kappa shape index (κ1) is 20.9. The van der Waals surface area contributed by atoms with Gasteiger partial charge in [0.25, 0.3) is 5.69 Å². The van der Waals surface area contributed by atoms with Crippen molar-refractivity contribution in [2.75, 3.05) is 32.6 Å². The smallest absolute Gasteiger partial charge is 0.294 e. The Hall–Kier alpha value is -2.84. The van der Waals surface area contributed by atoms with Crippen LogP contribution in [0.15, 0.2) is 36.4 Å². The van der Waals surface area contributed by atoms with Crippen molar-refractivity contribution in [3.63, 3.8) is 0 Å². The van der Waals surface area contributed by atoms with Crippen molar-refractivity contribution in [3.8, 4) is 11.5 Å². The lowest BCUT2D eigenvalue weighted by atomic mass is 10.0. The Morgan fingerprint density at radius 2 is 2.07 bits per heavy atom. The zero-order valence-electron chi connectivity index (χ0n) is 16.2. The highest BCUT2D eigenvalue weighted by Gasteiger charge is 2.30. The van der Waals surface area contributed by atoms with Crippen molar-refractivity contribution in [2.45, 2.75) is 18.9 Å². The number of hydrogen-bond donors (Lipinski definition) is 1. The second-order valence-corrected chi connectivity index (χ2v) is 7.14. The zero-order chi connectivity index (χ0) is 21.0. The number of carbonyl (C=O) groups excluding carboxylic acids is 1. The van der Waals surface area contributed by atoms with E-state index in [-0.39, 0.29) is 34.9 Å². The minimum atomic E-state index is -0.567. The monoisotopic (exact) mass is 419 g/mol. The van der Waals surface area contributed by atoms with E-state index < -0.39 is 4.92 Å². The predicted octanol–water partition coefficient (Wildman–Crippen LogP) is 4.04. The SMILES string of the molecule is COc1ccc([C@@H]2CCCN2CC(=O)Nc2ccc(Cl)cc2[N+](=O)[O-])c(OC)c1. The fraction of sp³-hybridized carbons (Fsp3) is 0.350. The summed E-state index contributed by atoms with van der Waals surface area (Å²) in [6, 6.07) is 9.81. The zero-order valence-corrected chi connectivity index (χ0v) is 16.9. The Morgan fingerprint density at radius 1 is 1.28 bits per heavy atom. The van der Waals surface area contributed by atoms with Gasteiger partial charge in [0.1, 0.15) is 17.2 Å². The molecule has 1 saturated heterocycles. The van der Waals surface area contributed by atoms with Crippen LogP contribution in [0.1, 0.15) is 24.4 Å². The van der Waals surface area contributed by atoms with Gasteiger partial charge in [0, 0.05) is 28.8 Å². The van der Waals surface area contributed by atoms with E-state index in [1.54, 1.807) is 14.2 Å². The van der Waals surface area contributed by atoms with Crippen LogP contribution in [-0.2, 0) is 4.79 Å². The van der Waals surface area contributed by atoms with Crippen LogP contribution in [0, 0.1) is 10.1 Å². The van der Waals surface area contributed by atoms with Gasteiger partial charge in [-0.15, -0.1) is 0 Å². The number of likely N-dealkylation sites (tertiary alicyclic amines) is 1. The molecule has 1 heterocycles. The number of hydrogen-bond acceptors (Lipinski definition) is 6. The van der Waals surface area contributed by atoms with Gasteiger partial charge in [0.05, 0.1) is 25.7 Å². The maximum absolute atomic E-state index is 12.6. The highest BCUT2D eigenvalue weighted by atomic mass is 35.5. The summed E-state index contributed by atoms with van der Waals surface area (Å²) in [6.07, 6.45) is 1.82. The largest absolute Gasteiger partial charge is 0.497 e. The molecule has 1 aliphatic rings. The Bertz CT molecular complexity index is 921. The summed E-state index contributed by atoms with van der Waals surface area (Å²) >= 11 is 5.83. The van der Waals surface area contributed by atoms with Gasteiger partial charge in [-0.25, -0.2) is 0 Å². The molecule has 1 atom stereocenters. The molecule has 2 aromatic rings. The molecule has 29 heavy (non-hydrogen) atoms. The second-order valence-electron chi connectivity index (χ2n) is 6.70. The van der Waals surface area contributed by atoms with Gasteiger partial charge < -0.3 is 14.8 Å². The number of carbonyl (C=O) groups is 1. The maximum atomic E-state index is 12.6. The molecule has 3 rings (SSSR count). The molecule has 0 saturated carbocycles. The minimum Gasteiger partial charge on any atom is -0.497 e. The van der Waals surface area contributed by atoms with Gasteiger partial charge in [0.15, 0.2) is 0 Å². The Morgan fingerprint density at radius 3 is 2.76 bits per heavy atom. The number of amides is 1. The summed E-state index contributed by atoms with van der Waals surface area (Å²) in [5.74, 6) is 1.08. The van der Waals surface area contributed by atoms with E-state index in [9.17, 15) is 14.9 Å². The molecule has 154 valence electrons. The van der Waals surface area contributed by atoms with E-state index in [2.05, 4.69) is 5.32 Å². The Labute approximate surface area is 173 Å². The summed E-state index contributed by atoms with van der Waals surface area (Å²) in [6.45, 7) is 0.857. The van der Waals surface area contributed by atoms with Crippen molar-refractivity contribution in [1.82, 2.24) is 4.90 Å². The lowest BCUT2D eigenvalue weighted by molar-refractivity contribution is -0.383. The number of methoxy groups -OCH3 is 2. The van der Waals surface area contributed by atoms with E-state index in [4.69, 9.17) is 21.1 Å². The number of rotatable bonds is 7. The topological polar surface area (TPSA) is 93.9 Å². The van der Waals surface area contributed by atoms with E-state index in [0.717, 1.165) is 24.9 Å². The summed E-state index contributed by atoms with van der Waals surface area (Å²) in [7, 11) is 3.19. The summed E-state index contributed by atoms with van der Waals surface area (Å²) in [5, 5.41) is 14.1. The number of nitro benzene ring substituents is 1. The van der Waals surface area contributed by atoms with Gasteiger partial charge in [-0.1, -0.05) is 17.7 Å². The van der Waals surface area contributed by atoms with Crippen molar-refractivity contribution in [3.05, 3.63) is 57.1 Å². The molecule has 9 heteroatoms. The number of ether oxygens (including phenoxy) is 2. The van der Waals surface area contributed by atoms with Crippen LogP contribution in [0.25, 0.3) is 0 Å². The predicted molar refractivity (Wildman–Crippen MR) is 110 cm³/mol. The molecule has 1 fully saturated rings. The fourth-order valence-electron chi connectivity index (χ4n) is 3.60. The first-order chi connectivity index (χ1) is 13.9. The average molecular weight is 420 g/mol. The summed E-state index contributed by atoms with van der Waals surface area (Å²) in [5.41, 5.74) is 0.874. The number of halogens is 1. The van der Waals surface area contributed by atoms with E-state index in [1.807, 2.05) is 23.1 Å². The van der Waals surface area contributed by atoms with Crippen LogP contribution < -0.4 is 14.8 Å². The molecule has 0 spiro atoms. The third kappa shape index (κ3) is 4.78. The maximum Gasteiger partial charge on any atom is 0.294 e. The third-order valence-corrected chi connectivity index (χ3v) is 5.18. The Balaban J connectivity index is 1.75. The first-order valence-electron chi connectivity index (χ1n) is 9.12. The number of benzene rings is 2. The van der Waals surface area contributed by atoms with Gasteiger partial charge in [-0.05, 0) is 37.6 Å². The molecule has 0 radical (unpaired) electrons. The molecular formula is C20H22ClN3O5. The highest BCUT2D eigenvalue weighted by molar-refractivity contribution is 6.31. The van der Waals surface area contributed by atoms with Crippen LogP contribution in [0.3, 0.4) is 0 Å². The van der Waals surface area contributed by atoms with E-state index in [1.165, 1.54) is 18.2 Å². The van der Waals surface area contributed by atoms with Crippen LogP contribution in [0.5, 0.6) is 11.5 Å². The highest BCUT2D eigenvalue weighted by Crippen LogP contribution is 2.38.